The average Bonchev–Trinajstić information content (AvgIpc) is 2.84. The molecule has 0 unspecified atom stereocenters. The Morgan fingerprint density at radius 2 is 2.00 bits per heavy atom. The van der Waals surface area contributed by atoms with Crippen LogP contribution < -0.4 is 5.32 Å². The first-order valence-electron chi connectivity index (χ1n) is 7.06. The Labute approximate surface area is 123 Å². The molecule has 3 N–H and O–H groups in total. The molecule has 21 heavy (non-hydrogen) atoms. The fraction of sp³-hybridized carbons (Fsp3) is 0.375. The van der Waals surface area contributed by atoms with Gasteiger partial charge in [0.05, 0.1) is 0 Å². The van der Waals surface area contributed by atoms with Crippen LogP contribution in [0.25, 0.3) is 0 Å². The Balaban J connectivity index is 1.97. The molecule has 5 heteroatoms. The fourth-order valence-corrected chi connectivity index (χ4v) is 2.61. The van der Waals surface area contributed by atoms with E-state index in [1.54, 1.807) is 0 Å². The van der Waals surface area contributed by atoms with Crippen molar-refractivity contribution in [3.05, 3.63) is 53.1 Å². The summed E-state index contributed by atoms with van der Waals surface area (Å²) in [4.78, 5) is 19.5. The van der Waals surface area contributed by atoms with Crippen LogP contribution in [0.1, 0.15) is 47.5 Å². The summed E-state index contributed by atoms with van der Waals surface area (Å²) in [6.45, 7) is 4.81. The summed E-state index contributed by atoms with van der Waals surface area (Å²) in [5.74, 6) is 0.234. The van der Waals surface area contributed by atoms with Crippen molar-refractivity contribution in [2.45, 2.75) is 26.4 Å². The van der Waals surface area contributed by atoms with Gasteiger partial charge in [-0.15, -0.1) is 0 Å². The monoisotopic (exact) mass is 285 g/mol. The maximum Gasteiger partial charge on any atom is 0.271 e. The molecule has 5 nitrogen and oxygen atoms in total. The number of amides is 1. The van der Waals surface area contributed by atoms with E-state index in [1.165, 1.54) is 0 Å². The number of benzene rings is 1. The topological polar surface area (TPSA) is 78.0 Å². The van der Waals surface area contributed by atoms with E-state index in [-0.39, 0.29) is 11.3 Å². The van der Waals surface area contributed by atoms with Crippen molar-refractivity contribution in [1.82, 2.24) is 15.3 Å². The van der Waals surface area contributed by atoms with Gasteiger partial charge in [0.2, 0.25) is 0 Å². The minimum atomic E-state index is -0.853. The van der Waals surface area contributed by atoms with Gasteiger partial charge in [-0.1, -0.05) is 44.2 Å². The molecule has 0 saturated heterocycles. The maximum absolute atomic E-state index is 12.1. The molecule has 0 aliphatic carbocycles. The number of hydrogen-bond donors (Lipinski definition) is 3. The normalized spacial score (nSPS) is 18.5. The van der Waals surface area contributed by atoms with Gasteiger partial charge >= 0.3 is 0 Å². The first-order chi connectivity index (χ1) is 9.96. The van der Waals surface area contributed by atoms with Crippen LogP contribution in [0.5, 0.6) is 0 Å². The van der Waals surface area contributed by atoms with E-state index in [1.807, 2.05) is 30.3 Å². The molecule has 1 aliphatic rings. The van der Waals surface area contributed by atoms with Crippen molar-refractivity contribution >= 4 is 5.91 Å². The SMILES string of the molecule is CC1(C)CNC(=O)c2nc([C@H](O)c3ccccc3)[nH]c2C1. The van der Waals surface area contributed by atoms with Crippen LogP contribution in [-0.2, 0) is 6.42 Å². The van der Waals surface area contributed by atoms with Gasteiger partial charge in [-0.05, 0) is 17.4 Å². The van der Waals surface area contributed by atoms with Crippen LogP contribution >= 0.6 is 0 Å². The van der Waals surface area contributed by atoms with E-state index >= 15 is 0 Å². The molecule has 0 spiro atoms. The van der Waals surface area contributed by atoms with Gasteiger partial charge in [0.1, 0.15) is 17.6 Å². The molecule has 0 bridgehead atoms. The van der Waals surface area contributed by atoms with Crippen molar-refractivity contribution < 1.29 is 9.90 Å². The Hall–Kier alpha value is -2.14. The number of nitrogens with one attached hydrogen (secondary N) is 2. The minimum Gasteiger partial charge on any atom is -0.380 e. The first kappa shape index (κ1) is 13.8. The molecular formula is C16H19N3O2. The molecule has 1 aliphatic heterocycles. The van der Waals surface area contributed by atoms with E-state index < -0.39 is 6.10 Å². The second-order valence-corrected chi connectivity index (χ2v) is 6.29. The lowest BCUT2D eigenvalue weighted by Crippen LogP contribution is -2.32. The minimum absolute atomic E-state index is 0.0393. The Bertz CT molecular complexity index is 661. The number of nitrogens with zero attached hydrogens (tertiary/aromatic N) is 1. The number of H-pyrrole nitrogens is 1. The molecule has 2 aromatic rings. The van der Waals surface area contributed by atoms with E-state index in [4.69, 9.17) is 0 Å². The molecule has 110 valence electrons. The summed E-state index contributed by atoms with van der Waals surface area (Å²) in [7, 11) is 0. The van der Waals surface area contributed by atoms with Crippen LogP contribution in [0.4, 0.5) is 0 Å². The zero-order valence-corrected chi connectivity index (χ0v) is 12.2. The summed E-state index contributed by atoms with van der Waals surface area (Å²) < 4.78 is 0. The Morgan fingerprint density at radius 3 is 2.71 bits per heavy atom. The molecular weight excluding hydrogens is 266 g/mol. The van der Waals surface area contributed by atoms with E-state index in [0.717, 1.165) is 17.7 Å². The highest BCUT2D eigenvalue weighted by atomic mass is 16.3. The van der Waals surface area contributed by atoms with Crippen molar-refractivity contribution in [2.75, 3.05) is 6.54 Å². The molecule has 1 amide bonds. The standard InChI is InChI=1S/C16H19N3O2/c1-16(2)8-11-12(15(21)17-9-16)19-14(18-11)13(20)10-6-4-3-5-7-10/h3-7,13,20H,8-9H2,1-2H3,(H,17,21)(H,18,19)/t13-/m1/s1. The van der Waals surface area contributed by atoms with Gasteiger partial charge in [-0.2, -0.15) is 0 Å². The molecule has 2 heterocycles. The van der Waals surface area contributed by atoms with Crippen LogP contribution in [0.2, 0.25) is 0 Å². The second-order valence-electron chi connectivity index (χ2n) is 6.29. The summed E-state index contributed by atoms with van der Waals surface area (Å²) >= 11 is 0. The Morgan fingerprint density at radius 1 is 1.29 bits per heavy atom. The van der Waals surface area contributed by atoms with Crippen molar-refractivity contribution in [3.8, 4) is 0 Å². The number of rotatable bonds is 2. The number of carbonyl (C=O) groups is 1. The van der Waals surface area contributed by atoms with Gasteiger partial charge < -0.3 is 15.4 Å². The number of hydrogen-bond acceptors (Lipinski definition) is 3. The molecule has 3 rings (SSSR count). The molecule has 1 aromatic carbocycles. The number of aromatic amines is 1. The van der Waals surface area contributed by atoms with Crippen LogP contribution in [0.3, 0.4) is 0 Å². The third kappa shape index (κ3) is 2.69. The summed E-state index contributed by atoms with van der Waals surface area (Å²) in [5.41, 5.74) is 1.90. The third-order valence-corrected chi connectivity index (χ3v) is 3.77. The molecule has 0 fully saturated rings. The number of aliphatic hydroxyl groups excluding tert-OH is 1. The lowest BCUT2D eigenvalue weighted by molar-refractivity contribution is 0.0940. The van der Waals surface area contributed by atoms with Gasteiger partial charge in [-0.25, -0.2) is 4.98 Å². The molecule has 0 radical (unpaired) electrons. The number of fused-ring (bicyclic) bond motifs is 1. The second kappa shape index (κ2) is 5.00. The van der Waals surface area contributed by atoms with Gasteiger partial charge in [-0.3, -0.25) is 4.79 Å². The smallest absolute Gasteiger partial charge is 0.271 e. The largest absolute Gasteiger partial charge is 0.380 e. The first-order valence-corrected chi connectivity index (χ1v) is 7.06. The lowest BCUT2D eigenvalue weighted by Gasteiger charge is -2.21. The number of imidazole rings is 1. The summed E-state index contributed by atoms with van der Waals surface area (Å²) in [6, 6.07) is 9.29. The quantitative estimate of drug-likeness (QED) is 0.787. The fourth-order valence-electron chi connectivity index (χ4n) is 2.61. The predicted octanol–water partition coefficient (Wildman–Crippen LogP) is 1.80. The Kier molecular flexibility index (Phi) is 3.29. The number of aliphatic hydroxyl groups is 1. The van der Waals surface area contributed by atoms with Crippen molar-refractivity contribution in [2.24, 2.45) is 5.41 Å². The zero-order valence-electron chi connectivity index (χ0n) is 12.2. The van der Waals surface area contributed by atoms with Crippen molar-refractivity contribution in [1.29, 1.82) is 0 Å². The highest BCUT2D eigenvalue weighted by molar-refractivity contribution is 5.94. The molecule has 0 saturated carbocycles. The number of carbonyl (C=O) groups excluding carboxylic acids is 1. The molecule has 1 atom stereocenters. The maximum atomic E-state index is 12.1. The number of aromatic nitrogens is 2. The van der Waals surface area contributed by atoms with Crippen LogP contribution in [0.15, 0.2) is 30.3 Å². The summed E-state index contributed by atoms with van der Waals surface area (Å²) in [6.07, 6.45) is -0.135. The van der Waals surface area contributed by atoms with Crippen molar-refractivity contribution in [3.63, 3.8) is 0 Å². The van der Waals surface area contributed by atoms with Gasteiger partial charge in [0.15, 0.2) is 0 Å². The van der Waals surface area contributed by atoms with Crippen LogP contribution in [-0.4, -0.2) is 27.5 Å². The average molecular weight is 285 g/mol. The highest BCUT2D eigenvalue weighted by Gasteiger charge is 2.30. The van der Waals surface area contributed by atoms with Crippen LogP contribution in [0, 0.1) is 5.41 Å². The van der Waals surface area contributed by atoms with E-state index in [0.29, 0.717) is 18.1 Å². The van der Waals surface area contributed by atoms with Gasteiger partial charge in [0, 0.05) is 12.2 Å². The highest BCUT2D eigenvalue weighted by Crippen LogP contribution is 2.27. The van der Waals surface area contributed by atoms with E-state index in [2.05, 4.69) is 29.1 Å². The third-order valence-electron chi connectivity index (χ3n) is 3.77. The zero-order chi connectivity index (χ0) is 15.0. The van der Waals surface area contributed by atoms with E-state index in [9.17, 15) is 9.90 Å². The lowest BCUT2D eigenvalue weighted by atomic mass is 9.88. The summed E-state index contributed by atoms with van der Waals surface area (Å²) in [5, 5.41) is 13.3. The van der Waals surface area contributed by atoms with Gasteiger partial charge in [0.25, 0.3) is 5.91 Å². The molecule has 1 aromatic heterocycles. The predicted molar refractivity (Wildman–Crippen MR) is 78.9 cm³/mol.